The summed E-state index contributed by atoms with van der Waals surface area (Å²) in [6, 6.07) is 14.1. The van der Waals surface area contributed by atoms with Gasteiger partial charge in [-0.1, -0.05) is 41.9 Å². The fourth-order valence-corrected chi connectivity index (χ4v) is 4.60. The second kappa shape index (κ2) is 12.0. The first kappa shape index (κ1) is 25.6. The van der Waals surface area contributed by atoms with Gasteiger partial charge in [0, 0.05) is 18.3 Å². The van der Waals surface area contributed by atoms with E-state index in [4.69, 9.17) is 16.3 Å². The first-order valence-corrected chi connectivity index (χ1v) is 12.8. The molecule has 38 heavy (non-hydrogen) atoms. The highest BCUT2D eigenvalue weighted by Gasteiger charge is 2.23. The zero-order valence-electron chi connectivity index (χ0n) is 20.5. The molecule has 0 bridgehead atoms. The Morgan fingerprint density at radius 3 is 2.66 bits per heavy atom. The molecule has 0 radical (unpaired) electrons. The number of amides is 1. The number of benzene rings is 2. The van der Waals surface area contributed by atoms with E-state index in [0.717, 1.165) is 31.2 Å². The summed E-state index contributed by atoms with van der Waals surface area (Å²) in [5, 5.41) is 9.43. The molecule has 0 unspecified atom stereocenters. The van der Waals surface area contributed by atoms with Crippen molar-refractivity contribution in [1.82, 2.24) is 25.3 Å². The number of carbonyl (C=O) groups is 1. The SMILES string of the molecule is O=C(N[C@H]1CC[C@H](CNc2ncc3ncnc(Nc4ccc(F)c(Cl)c4)c3n2)CC1)OCc1ccccc1. The maximum Gasteiger partial charge on any atom is 0.407 e. The van der Waals surface area contributed by atoms with Crippen molar-refractivity contribution in [2.45, 2.75) is 38.3 Å². The standard InChI is InChI=1S/C27H27ClFN7O2/c28-21-12-20(10-11-22(21)29)34-25-24-23(32-16-33-25)14-31-26(36-24)30-13-17-6-8-19(9-7-17)35-27(37)38-15-18-4-2-1-3-5-18/h1-5,10-12,14,16-17,19H,6-9,13,15H2,(H,35,37)(H,30,31,36)(H,32,33,34)/t17-,19-. The topological polar surface area (TPSA) is 114 Å². The van der Waals surface area contributed by atoms with E-state index >= 15 is 0 Å². The van der Waals surface area contributed by atoms with E-state index in [1.165, 1.54) is 18.5 Å². The first-order chi connectivity index (χ1) is 18.5. The van der Waals surface area contributed by atoms with Gasteiger partial charge in [0.05, 0.1) is 11.2 Å². The molecule has 2 heterocycles. The Bertz CT molecular complexity index is 1400. The Kier molecular flexibility index (Phi) is 8.08. The zero-order chi connectivity index (χ0) is 26.3. The third-order valence-electron chi connectivity index (χ3n) is 6.49. The summed E-state index contributed by atoms with van der Waals surface area (Å²) in [4.78, 5) is 29.7. The number of alkyl carbamates (subject to hydrolysis) is 1. The number of aromatic nitrogens is 4. The van der Waals surface area contributed by atoms with Gasteiger partial charge in [-0.2, -0.15) is 0 Å². The second-order valence-electron chi connectivity index (χ2n) is 9.21. The molecule has 196 valence electrons. The van der Waals surface area contributed by atoms with E-state index in [9.17, 15) is 9.18 Å². The molecule has 5 rings (SSSR count). The van der Waals surface area contributed by atoms with E-state index in [2.05, 4.69) is 35.9 Å². The summed E-state index contributed by atoms with van der Waals surface area (Å²) in [5.74, 6) is 0.871. The maximum absolute atomic E-state index is 13.5. The smallest absolute Gasteiger partial charge is 0.407 e. The number of nitrogens with zero attached hydrogens (tertiary/aromatic N) is 4. The van der Waals surface area contributed by atoms with E-state index in [1.54, 1.807) is 12.3 Å². The van der Waals surface area contributed by atoms with Crippen molar-refractivity contribution < 1.29 is 13.9 Å². The van der Waals surface area contributed by atoms with Crippen LogP contribution in [0.1, 0.15) is 31.2 Å². The van der Waals surface area contributed by atoms with Crippen molar-refractivity contribution in [2.75, 3.05) is 17.2 Å². The van der Waals surface area contributed by atoms with Crippen molar-refractivity contribution >= 4 is 46.2 Å². The minimum atomic E-state index is -0.494. The number of carbonyl (C=O) groups excluding carboxylic acids is 1. The summed E-state index contributed by atoms with van der Waals surface area (Å²) < 4.78 is 18.8. The van der Waals surface area contributed by atoms with E-state index < -0.39 is 5.82 Å². The van der Waals surface area contributed by atoms with Crippen LogP contribution in [-0.2, 0) is 11.3 Å². The molecule has 9 nitrogen and oxygen atoms in total. The summed E-state index contributed by atoms with van der Waals surface area (Å²) in [6.45, 7) is 0.971. The molecular formula is C27H27ClFN7O2. The molecule has 11 heteroatoms. The minimum Gasteiger partial charge on any atom is -0.445 e. The monoisotopic (exact) mass is 535 g/mol. The lowest BCUT2D eigenvalue weighted by molar-refractivity contribution is 0.131. The normalized spacial score (nSPS) is 17.1. The summed E-state index contributed by atoms with van der Waals surface area (Å²) in [5.41, 5.74) is 2.65. The van der Waals surface area contributed by atoms with Crippen LogP contribution >= 0.6 is 11.6 Å². The Labute approximate surface area is 224 Å². The van der Waals surface area contributed by atoms with Gasteiger partial charge < -0.3 is 20.7 Å². The van der Waals surface area contributed by atoms with Gasteiger partial charge in [0.1, 0.15) is 29.8 Å². The predicted octanol–water partition coefficient (Wildman–Crippen LogP) is 5.85. The van der Waals surface area contributed by atoms with Crippen molar-refractivity contribution in [2.24, 2.45) is 5.92 Å². The molecule has 4 aromatic rings. The van der Waals surface area contributed by atoms with Gasteiger partial charge >= 0.3 is 6.09 Å². The molecule has 0 aliphatic heterocycles. The van der Waals surface area contributed by atoms with Crippen LogP contribution < -0.4 is 16.0 Å². The van der Waals surface area contributed by atoms with Crippen molar-refractivity contribution in [3.8, 4) is 0 Å². The number of ether oxygens (including phenoxy) is 1. The average molecular weight is 536 g/mol. The van der Waals surface area contributed by atoms with Crippen LogP contribution in [0.15, 0.2) is 61.1 Å². The van der Waals surface area contributed by atoms with Gasteiger partial charge in [0.25, 0.3) is 0 Å². The highest BCUT2D eigenvalue weighted by atomic mass is 35.5. The second-order valence-corrected chi connectivity index (χ2v) is 9.62. The molecule has 1 saturated carbocycles. The molecule has 0 atom stereocenters. The van der Waals surface area contributed by atoms with Gasteiger partial charge in [-0.05, 0) is 55.4 Å². The van der Waals surface area contributed by atoms with Gasteiger partial charge in [-0.15, -0.1) is 0 Å². The third-order valence-corrected chi connectivity index (χ3v) is 6.78. The lowest BCUT2D eigenvalue weighted by Crippen LogP contribution is -2.38. The Morgan fingerprint density at radius 1 is 1.05 bits per heavy atom. The van der Waals surface area contributed by atoms with Gasteiger partial charge in [0.15, 0.2) is 5.82 Å². The first-order valence-electron chi connectivity index (χ1n) is 12.4. The van der Waals surface area contributed by atoms with Crippen molar-refractivity contribution in [1.29, 1.82) is 0 Å². The largest absolute Gasteiger partial charge is 0.445 e. The molecule has 1 fully saturated rings. The minimum absolute atomic E-state index is 0.0133. The lowest BCUT2D eigenvalue weighted by Gasteiger charge is -2.29. The molecule has 2 aromatic heterocycles. The maximum atomic E-state index is 13.5. The van der Waals surface area contributed by atoms with Crippen LogP contribution in [0.5, 0.6) is 0 Å². The van der Waals surface area contributed by atoms with Gasteiger partial charge in [-0.3, -0.25) is 0 Å². The number of anilines is 3. The van der Waals surface area contributed by atoms with Crippen LogP contribution in [0.3, 0.4) is 0 Å². The number of nitrogens with one attached hydrogen (secondary N) is 3. The van der Waals surface area contributed by atoms with Crippen LogP contribution in [0.2, 0.25) is 5.02 Å². The van der Waals surface area contributed by atoms with E-state index in [1.807, 2.05) is 30.3 Å². The molecule has 1 aliphatic rings. The molecule has 1 aliphatic carbocycles. The quantitative estimate of drug-likeness (QED) is 0.257. The molecule has 0 saturated heterocycles. The number of hydrogen-bond acceptors (Lipinski definition) is 8. The fourth-order valence-electron chi connectivity index (χ4n) is 4.42. The number of fused-ring (bicyclic) bond motifs is 1. The average Bonchev–Trinajstić information content (AvgIpc) is 2.94. The predicted molar refractivity (Wildman–Crippen MR) is 144 cm³/mol. The Hall–Kier alpha value is -4.05. The van der Waals surface area contributed by atoms with Crippen LogP contribution in [0.4, 0.5) is 26.6 Å². The Balaban J connectivity index is 1.12. The number of halogens is 2. The molecule has 2 aromatic carbocycles. The Morgan fingerprint density at radius 2 is 1.87 bits per heavy atom. The van der Waals surface area contributed by atoms with E-state index in [0.29, 0.717) is 40.9 Å². The van der Waals surface area contributed by atoms with Crippen molar-refractivity contribution in [3.63, 3.8) is 0 Å². The highest BCUT2D eigenvalue weighted by molar-refractivity contribution is 6.31. The summed E-state index contributed by atoms with van der Waals surface area (Å²) >= 11 is 5.90. The lowest BCUT2D eigenvalue weighted by atomic mass is 9.86. The number of rotatable bonds is 8. The summed E-state index contributed by atoms with van der Waals surface area (Å²) in [6.07, 6.45) is 6.36. The molecule has 0 spiro atoms. The van der Waals surface area contributed by atoms with Gasteiger partial charge in [-0.25, -0.2) is 29.1 Å². The highest BCUT2D eigenvalue weighted by Crippen LogP contribution is 2.27. The molecule has 1 amide bonds. The zero-order valence-corrected chi connectivity index (χ0v) is 21.3. The van der Waals surface area contributed by atoms with Crippen LogP contribution in [0.25, 0.3) is 11.0 Å². The summed E-state index contributed by atoms with van der Waals surface area (Å²) in [7, 11) is 0. The van der Waals surface area contributed by atoms with Crippen LogP contribution in [-0.4, -0.2) is 38.6 Å². The molecule has 3 N–H and O–H groups in total. The van der Waals surface area contributed by atoms with E-state index in [-0.39, 0.29) is 23.8 Å². The number of hydrogen-bond donors (Lipinski definition) is 3. The van der Waals surface area contributed by atoms with Gasteiger partial charge in [0.2, 0.25) is 5.95 Å². The fraction of sp³-hybridized carbons (Fsp3) is 0.296. The third kappa shape index (κ3) is 6.63. The van der Waals surface area contributed by atoms with Crippen molar-refractivity contribution in [3.05, 3.63) is 77.5 Å². The van der Waals surface area contributed by atoms with Crippen LogP contribution in [0, 0.1) is 11.7 Å². The molecular weight excluding hydrogens is 509 g/mol.